The molecule has 9 rings (SSSR count). The van der Waals surface area contributed by atoms with Gasteiger partial charge in [-0.25, -0.2) is 27.5 Å². The number of aromatic nitrogens is 4. The van der Waals surface area contributed by atoms with Crippen molar-refractivity contribution in [2.45, 2.75) is 55.9 Å². The summed E-state index contributed by atoms with van der Waals surface area (Å²) in [4.78, 5) is 13.4. The molecule has 5 aliphatic heterocycles. The number of hydrogen-bond acceptors (Lipinski definition) is 8. The Kier molecular flexibility index (Phi) is 6.00. The largest absolute Gasteiger partial charge is 0.508 e. The van der Waals surface area contributed by atoms with Crippen LogP contribution in [0.15, 0.2) is 24.3 Å². The lowest BCUT2D eigenvalue weighted by molar-refractivity contribution is 0.255. The van der Waals surface area contributed by atoms with E-state index in [4.69, 9.17) is 4.98 Å². The molecule has 2 bridgehead atoms. The molecule has 4 aromatic rings. The lowest BCUT2D eigenvalue weighted by atomic mass is 9.93. The highest BCUT2D eigenvalue weighted by atomic mass is 19.2. The van der Waals surface area contributed by atoms with Crippen molar-refractivity contribution in [1.82, 2.24) is 30.4 Å². The quantitative estimate of drug-likeness (QED) is 0.265. The number of benzene rings is 2. The summed E-state index contributed by atoms with van der Waals surface area (Å²) in [5.74, 6) is 3.25. The molecule has 7 heterocycles. The van der Waals surface area contributed by atoms with E-state index in [1.807, 2.05) is 0 Å². The Morgan fingerprint density at radius 3 is 2.70 bits per heavy atom. The Bertz CT molecular complexity index is 1870. The van der Waals surface area contributed by atoms with Crippen LogP contribution < -0.4 is 10.2 Å². The number of phenols is 1. The predicted molar refractivity (Wildman–Crippen MR) is 152 cm³/mol. The third-order valence-electron chi connectivity index (χ3n) is 9.41. The third-order valence-corrected chi connectivity index (χ3v) is 9.41. The molecule has 2 N–H and O–H groups in total. The number of phenolic OH excluding ortho intramolecular Hbond substituents is 1. The minimum atomic E-state index is -1.19. The first-order valence-electron chi connectivity index (χ1n) is 14.6. The number of anilines is 1. The second kappa shape index (κ2) is 9.72. The van der Waals surface area contributed by atoms with Crippen LogP contribution >= 0.6 is 0 Å². The van der Waals surface area contributed by atoms with Crippen molar-refractivity contribution in [3.8, 4) is 28.8 Å². The topological polar surface area (TPSA) is 90.3 Å². The zero-order valence-electron chi connectivity index (χ0n) is 23.0. The highest BCUT2D eigenvalue weighted by Crippen LogP contribution is 2.40. The minimum absolute atomic E-state index is 0.0660. The van der Waals surface area contributed by atoms with E-state index >= 15 is 8.78 Å². The monoisotopic (exact) mass is 589 g/mol. The van der Waals surface area contributed by atoms with E-state index < -0.39 is 29.2 Å². The van der Waals surface area contributed by atoms with Crippen molar-refractivity contribution in [2.75, 3.05) is 31.1 Å². The number of alkyl halides is 1. The molecule has 0 radical (unpaired) electrons. The smallest absolute Gasteiger partial charge is 0.207 e. The summed E-state index contributed by atoms with van der Waals surface area (Å²) in [5, 5.41) is 22.2. The molecule has 5 saturated heterocycles. The predicted octanol–water partition coefficient (Wildman–Crippen LogP) is 4.23. The van der Waals surface area contributed by atoms with Gasteiger partial charge < -0.3 is 15.3 Å². The number of piperidine rings is 2. The summed E-state index contributed by atoms with van der Waals surface area (Å²) in [6.07, 6.45) is 2.93. The molecule has 5 fully saturated rings. The maximum absolute atomic E-state index is 16.5. The molecule has 12 heteroatoms. The Labute approximate surface area is 244 Å². The highest BCUT2D eigenvalue weighted by Gasteiger charge is 2.47. The molecular formula is C31H27F4N7O. The van der Waals surface area contributed by atoms with Gasteiger partial charge in [0.15, 0.2) is 28.8 Å². The zero-order chi connectivity index (χ0) is 29.5. The first-order chi connectivity index (χ1) is 20.8. The number of nitrogens with one attached hydrogen (secondary N) is 1. The summed E-state index contributed by atoms with van der Waals surface area (Å²) in [7, 11) is 0. The molecule has 0 amide bonds. The maximum Gasteiger partial charge on any atom is 0.207 e. The number of piperazine rings is 1. The average molecular weight is 590 g/mol. The van der Waals surface area contributed by atoms with Gasteiger partial charge >= 0.3 is 0 Å². The SMILES string of the molecule is Oc1cc(-c2nnc3c(N4C[C@H]5CC[C@@H]4CN5)nc(C#C[C@@]45CCCN4C[C@H](F)C5)nc3c2F)c2c(F)c(F)ccc2c1. The van der Waals surface area contributed by atoms with Crippen molar-refractivity contribution in [3.05, 3.63) is 47.5 Å². The van der Waals surface area contributed by atoms with Crippen LogP contribution in [0.2, 0.25) is 0 Å². The second-order valence-corrected chi connectivity index (χ2v) is 12.0. The summed E-state index contributed by atoms with van der Waals surface area (Å²) in [6, 6.07) is 4.97. The molecule has 0 unspecified atom stereocenters. The van der Waals surface area contributed by atoms with E-state index in [2.05, 4.69) is 42.1 Å². The third kappa shape index (κ3) is 4.20. The number of aromatic hydroxyl groups is 1. The molecular weight excluding hydrogens is 562 g/mol. The molecule has 220 valence electrons. The molecule has 8 nitrogen and oxygen atoms in total. The molecule has 2 aromatic carbocycles. The van der Waals surface area contributed by atoms with Gasteiger partial charge in [-0.05, 0) is 61.7 Å². The summed E-state index contributed by atoms with van der Waals surface area (Å²) < 4.78 is 60.2. The van der Waals surface area contributed by atoms with Crippen LogP contribution in [0.3, 0.4) is 0 Å². The van der Waals surface area contributed by atoms with E-state index in [9.17, 15) is 13.9 Å². The average Bonchev–Trinajstić information content (AvgIpc) is 3.54. The normalized spacial score (nSPS) is 26.7. The standard InChI is InChI=1S/C31H27F4N7O/c32-17-12-31(7-1-9-41(31)14-17)8-6-23-37-28-26(35)27(21-11-20(43)10-16-2-5-22(33)25(34)24(16)21)39-40-29(28)30(38-23)42-15-18-3-4-19(42)13-36-18/h2,5,10-11,17-19,36,43H,1,3-4,7,9,12-15H2/t17-,18-,19-,31-/m1/s1. The summed E-state index contributed by atoms with van der Waals surface area (Å²) >= 11 is 0. The first-order valence-corrected chi connectivity index (χ1v) is 14.6. The molecule has 0 spiro atoms. The van der Waals surface area contributed by atoms with Crippen LogP contribution in [-0.2, 0) is 0 Å². The van der Waals surface area contributed by atoms with Crippen molar-refractivity contribution < 1.29 is 22.7 Å². The highest BCUT2D eigenvalue weighted by molar-refractivity contribution is 5.99. The maximum atomic E-state index is 16.5. The number of hydrogen-bond donors (Lipinski definition) is 2. The molecule has 43 heavy (non-hydrogen) atoms. The van der Waals surface area contributed by atoms with Gasteiger partial charge in [-0.2, -0.15) is 0 Å². The number of nitrogens with zero attached hydrogens (tertiary/aromatic N) is 6. The molecule has 0 aliphatic carbocycles. The van der Waals surface area contributed by atoms with Crippen molar-refractivity contribution in [2.24, 2.45) is 0 Å². The van der Waals surface area contributed by atoms with Crippen LogP contribution in [0, 0.1) is 29.3 Å². The minimum Gasteiger partial charge on any atom is -0.508 e. The Balaban J connectivity index is 1.33. The van der Waals surface area contributed by atoms with Gasteiger partial charge in [-0.1, -0.05) is 12.0 Å². The molecule has 0 saturated carbocycles. The van der Waals surface area contributed by atoms with Crippen molar-refractivity contribution >= 4 is 27.6 Å². The van der Waals surface area contributed by atoms with Gasteiger partial charge in [-0.3, -0.25) is 4.90 Å². The van der Waals surface area contributed by atoms with E-state index in [-0.39, 0.29) is 56.7 Å². The molecule has 4 atom stereocenters. The van der Waals surface area contributed by atoms with Crippen LogP contribution in [0.1, 0.15) is 37.9 Å². The lowest BCUT2D eigenvalue weighted by Gasteiger charge is -2.46. The number of fused-ring (bicyclic) bond motifs is 6. The Morgan fingerprint density at radius 1 is 1.02 bits per heavy atom. The van der Waals surface area contributed by atoms with Crippen LogP contribution in [0.5, 0.6) is 5.75 Å². The van der Waals surface area contributed by atoms with Crippen LogP contribution in [0.4, 0.5) is 23.4 Å². The van der Waals surface area contributed by atoms with Crippen molar-refractivity contribution in [1.29, 1.82) is 0 Å². The lowest BCUT2D eigenvalue weighted by Crippen LogP contribution is -2.61. The Morgan fingerprint density at radius 2 is 1.91 bits per heavy atom. The van der Waals surface area contributed by atoms with Gasteiger partial charge in [0.25, 0.3) is 0 Å². The van der Waals surface area contributed by atoms with Gasteiger partial charge in [0.2, 0.25) is 5.82 Å². The fourth-order valence-electron chi connectivity index (χ4n) is 7.37. The zero-order valence-corrected chi connectivity index (χ0v) is 23.0. The number of rotatable bonds is 2. The van der Waals surface area contributed by atoms with Crippen molar-refractivity contribution in [3.63, 3.8) is 0 Å². The van der Waals surface area contributed by atoms with E-state index in [0.717, 1.165) is 50.9 Å². The fraction of sp³-hybridized carbons (Fsp3) is 0.419. The van der Waals surface area contributed by atoms with Gasteiger partial charge in [0.05, 0.1) is 5.54 Å². The summed E-state index contributed by atoms with van der Waals surface area (Å²) in [5.41, 5.74) is -1.19. The van der Waals surface area contributed by atoms with Gasteiger partial charge in [-0.15, -0.1) is 10.2 Å². The van der Waals surface area contributed by atoms with E-state index in [1.165, 1.54) is 12.1 Å². The second-order valence-electron chi connectivity index (χ2n) is 12.0. The van der Waals surface area contributed by atoms with Gasteiger partial charge in [0.1, 0.15) is 23.1 Å². The van der Waals surface area contributed by atoms with Gasteiger partial charge in [0, 0.05) is 49.1 Å². The van der Waals surface area contributed by atoms with E-state index in [0.29, 0.717) is 25.3 Å². The van der Waals surface area contributed by atoms with Crippen LogP contribution in [-0.4, -0.2) is 80.1 Å². The molecule has 5 aliphatic rings. The fourth-order valence-corrected chi connectivity index (χ4v) is 7.37. The Hall–Kier alpha value is -4.08. The number of halogens is 4. The van der Waals surface area contributed by atoms with Crippen LogP contribution in [0.25, 0.3) is 33.1 Å². The molecule has 2 aromatic heterocycles. The van der Waals surface area contributed by atoms with E-state index in [1.54, 1.807) is 0 Å². The summed E-state index contributed by atoms with van der Waals surface area (Å²) in [6.45, 7) is 2.48. The first kappa shape index (κ1) is 26.5.